The molecule has 2 aromatic rings. The number of nitrogens with zero attached hydrogens (tertiary/aromatic N) is 2. The first-order valence-electron chi connectivity index (χ1n) is 4.58. The SMILES string of the molecule is CN(c1ccccc1)c1ccccn1.Cl.Cl. The van der Waals surface area contributed by atoms with Crippen LogP contribution in [0.25, 0.3) is 0 Å². The summed E-state index contributed by atoms with van der Waals surface area (Å²) >= 11 is 0. The van der Waals surface area contributed by atoms with Crippen molar-refractivity contribution < 1.29 is 0 Å². The summed E-state index contributed by atoms with van der Waals surface area (Å²) in [7, 11) is 2.01. The van der Waals surface area contributed by atoms with Gasteiger partial charge in [-0.15, -0.1) is 24.8 Å². The van der Waals surface area contributed by atoms with Crippen molar-refractivity contribution in [1.82, 2.24) is 4.98 Å². The van der Waals surface area contributed by atoms with Crippen molar-refractivity contribution in [2.75, 3.05) is 11.9 Å². The van der Waals surface area contributed by atoms with E-state index in [2.05, 4.69) is 22.0 Å². The molecule has 0 amide bonds. The molecule has 0 saturated carbocycles. The molecule has 16 heavy (non-hydrogen) atoms. The van der Waals surface area contributed by atoms with Gasteiger partial charge in [-0.05, 0) is 24.3 Å². The Morgan fingerprint density at radius 2 is 1.50 bits per heavy atom. The molecule has 4 heteroatoms. The first-order chi connectivity index (χ1) is 6.88. The second-order valence-corrected chi connectivity index (χ2v) is 3.08. The van der Waals surface area contributed by atoms with Gasteiger partial charge in [0.15, 0.2) is 0 Å². The van der Waals surface area contributed by atoms with Crippen LogP contribution >= 0.6 is 24.8 Å². The summed E-state index contributed by atoms with van der Waals surface area (Å²) in [5, 5.41) is 0. The molecule has 0 atom stereocenters. The van der Waals surface area contributed by atoms with Crippen LogP contribution in [-0.4, -0.2) is 12.0 Å². The van der Waals surface area contributed by atoms with E-state index in [9.17, 15) is 0 Å². The number of hydrogen-bond donors (Lipinski definition) is 0. The zero-order valence-electron chi connectivity index (χ0n) is 8.91. The van der Waals surface area contributed by atoms with Gasteiger partial charge in [0.1, 0.15) is 5.82 Å². The number of anilines is 2. The van der Waals surface area contributed by atoms with Crippen LogP contribution in [0, 0.1) is 0 Å². The smallest absolute Gasteiger partial charge is 0.132 e. The number of benzene rings is 1. The normalized spacial score (nSPS) is 8.56. The molecule has 0 aliphatic carbocycles. The van der Waals surface area contributed by atoms with Gasteiger partial charge in [-0.2, -0.15) is 0 Å². The van der Waals surface area contributed by atoms with Crippen molar-refractivity contribution in [3.8, 4) is 0 Å². The Morgan fingerprint density at radius 3 is 2.06 bits per heavy atom. The molecule has 0 bridgehead atoms. The van der Waals surface area contributed by atoms with Gasteiger partial charge >= 0.3 is 0 Å². The molecule has 0 fully saturated rings. The van der Waals surface area contributed by atoms with Crippen molar-refractivity contribution >= 4 is 36.3 Å². The fraction of sp³-hybridized carbons (Fsp3) is 0.0833. The lowest BCUT2D eigenvalue weighted by molar-refractivity contribution is 1.13. The summed E-state index contributed by atoms with van der Waals surface area (Å²) in [5.41, 5.74) is 1.14. The molecule has 0 aliphatic rings. The van der Waals surface area contributed by atoms with Gasteiger partial charge in [-0.1, -0.05) is 24.3 Å². The van der Waals surface area contributed by atoms with E-state index in [0.29, 0.717) is 0 Å². The molecule has 0 radical (unpaired) electrons. The third kappa shape index (κ3) is 3.40. The van der Waals surface area contributed by atoms with E-state index in [1.165, 1.54) is 0 Å². The average Bonchev–Trinajstić information content (AvgIpc) is 2.30. The molecule has 0 unspecified atom stereocenters. The Bertz CT molecular complexity index is 353. The molecule has 86 valence electrons. The third-order valence-electron chi connectivity index (χ3n) is 2.14. The summed E-state index contributed by atoms with van der Waals surface area (Å²) in [6, 6.07) is 16.1. The van der Waals surface area contributed by atoms with E-state index in [4.69, 9.17) is 0 Å². The van der Waals surface area contributed by atoms with Crippen molar-refractivity contribution in [2.24, 2.45) is 0 Å². The van der Waals surface area contributed by atoms with Crippen LogP contribution in [0.3, 0.4) is 0 Å². The van der Waals surface area contributed by atoms with Crippen molar-refractivity contribution in [2.45, 2.75) is 0 Å². The monoisotopic (exact) mass is 256 g/mol. The number of hydrogen-bond acceptors (Lipinski definition) is 2. The van der Waals surface area contributed by atoms with Gasteiger partial charge in [0, 0.05) is 18.9 Å². The molecule has 1 aromatic heterocycles. The number of para-hydroxylation sites is 1. The van der Waals surface area contributed by atoms with E-state index in [1.807, 2.05) is 43.4 Å². The van der Waals surface area contributed by atoms with Gasteiger partial charge < -0.3 is 4.90 Å². The van der Waals surface area contributed by atoms with Gasteiger partial charge in [0.2, 0.25) is 0 Å². The summed E-state index contributed by atoms with van der Waals surface area (Å²) in [4.78, 5) is 6.34. The Labute approximate surface area is 108 Å². The van der Waals surface area contributed by atoms with Crippen LogP contribution in [-0.2, 0) is 0 Å². The van der Waals surface area contributed by atoms with Gasteiger partial charge in [-0.25, -0.2) is 4.98 Å². The number of rotatable bonds is 2. The molecule has 0 saturated heterocycles. The maximum Gasteiger partial charge on any atom is 0.132 e. The molecule has 1 aromatic carbocycles. The fourth-order valence-corrected chi connectivity index (χ4v) is 1.34. The highest BCUT2D eigenvalue weighted by molar-refractivity contribution is 5.85. The summed E-state index contributed by atoms with van der Waals surface area (Å²) in [6.45, 7) is 0. The Balaban J connectivity index is 0.00000112. The lowest BCUT2D eigenvalue weighted by Crippen LogP contribution is -2.10. The van der Waals surface area contributed by atoms with Gasteiger partial charge in [0.05, 0.1) is 0 Å². The number of aromatic nitrogens is 1. The molecule has 0 N–H and O–H groups in total. The first-order valence-corrected chi connectivity index (χ1v) is 4.58. The summed E-state index contributed by atoms with van der Waals surface area (Å²) < 4.78 is 0. The molecule has 2 rings (SSSR count). The van der Waals surface area contributed by atoms with E-state index in [0.717, 1.165) is 11.5 Å². The van der Waals surface area contributed by atoms with Gasteiger partial charge in [0.25, 0.3) is 0 Å². The minimum absolute atomic E-state index is 0. The van der Waals surface area contributed by atoms with Crippen LogP contribution in [0.1, 0.15) is 0 Å². The van der Waals surface area contributed by atoms with Gasteiger partial charge in [-0.3, -0.25) is 0 Å². The van der Waals surface area contributed by atoms with E-state index in [-0.39, 0.29) is 24.8 Å². The molecular weight excluding hydrogens is 243 g/mol. The van der Waals surface area contributed by atoms with Crippen LogP contribution in [0.5, 0.6) is 0 Å². The van der Waals surface area contributed by atoms with Crippen molar-refractivity contribution in [3.05, 3.63) is 54.7 Å². The first kappa shape index (κ1) is 14.8. The maximum absolute atomic E-state index is 4.28. The second-order valence-electron chi connectivity index (χ2n) is 3.08. The standard InChI is InChI=1S/C12H12N2.2ClH/c1-14(11-7-3-2-4-8-11)12-9-5-6-10-13-12;;/h2-10H,1H3;2*1H. The zero-order chi connectivity index (χ0) is 9.80. The average molecular weight is 257 g/mol. The van der Waals surface area contributed by atoms with Crippen LogP contribution in [0.2, 0.25) is 0 Å². The Hall–Kier alpha value is -1.25. The highest BCUT2D eigenvalue weighted by Crippen LogP contribution is 2.19. The number of halogens is 2. The third-order valence-corrected chi connectivity index (χ3v) is 2.14. The highest BCUT2D eigenvalue weighted by atomic mass is 35.5. The quantitative estimate of drug-likeness (QED) is 0.815. The van der Waals surface area contributed by atoms with Crippen LogP contribution < -0.4 is 4.90 Å². The molecule has 2 nitrogen and oxygen atoms in total. The highest BCUT2D eigenvalue weighted by Gasteiger charge is 2.01. The Morgan fingerprint density at radius 1 is 0.875 bits per heavy atom. The van der Waals surface area contributed by atoms with Crippen molar-refractivity contribution in [1.29, 1.82) is 0 Å². The predicted octanol–water partition coefficient (Wildman–Crippen LogP) is 3.69. The predicted molar refractivity (Wildman–Crippen MR) is 73.2 cm³/mol. The minimum atomic E-state index is 0. The van der Waals surface area contributed by atoms with Crippen molar-refractivity contribution in [3.63, 3.8) is 0 Å². The molecule has 0 aliphatic heterocycles. The summed E-state index contributed by atoms with van der Waals surface area (Å²) in [5.74, 6) is 0.957. The van der Waals surface area contributed by atoms with Crippen LogP contribution in [0.15, 0.2) is 54.7 Å². The topological polar surface area (TPSA) is 16.1 Å². The largest absolute Gasteiger partial charge is 0.329 e. The second kappa shape index (κ2) is 7.09. The zero-order valence-corrected chi connectivity index (χ0v) is 10.5. The minimum Gasteiger partial charge on any atom is -0.329 e. The number of pyridine rings is 1. The molecular formula is C12H14Cl2N2. The lowest BCUT2D eigenvalue weighted by Gasteiger charge is -2.17. The summed E-state index contributed by atoms with van der Waals surface area (Å²) in [6.07, 6.45) is 1.80. The molecule has 0 spiro atoms. The van der Waals surface area contributed by atoms with Crippen LogP contribution in [0.4, 0.5) is 11.5 Å². The lowest BCUT2D eigenvalue weighted by atomic mass is 10.3. The van der Waals surface area contributed by atoms with E-state index >= 15 is 0 Å². The maximum atomic E-state index is 4.28. The van der Waals surface area contributed by atoms with E-state index in [1.54, 1.807) is 6.20 Å². The fourth-order valence-electron chi connectivity index (χ4n) is 1.34. The Kier molecular flexibility index (Phi) is 6.54. The van der Waals surface area contributed by atoms with E-state index < -0.39 is 0 Å². The molecule has 1 heterocycles.